The third-order valence-corrected chi connectivity index (χ3v) is 6.38. The Morgan fingerprint density at radius 3 is 2.50 bits per heavy atom. The van der Waals surface area contributed by atoms with Crippen LogP contribution in [0.25, 0.3) is 0 Å². The first-order chi connectivity index (χ1) is 15.3. The van der Waals surface area contributed by atoms with Gasteiger partial charge in [-0.15, -0.1) is 0 Å². The van der Waals surface area contributed by atoms with Crippen molar-refractivity contribution in [1.82, 2.24) is 4.90 Å². The number of rotatable bonds is 5. The quantitative estimate of drug-likeness (QED) is 0.702. The highest BCUT2D eigenvalue weighted by molar-refractivity contribution is 5.91. The molecule has 4 rings (SSSR count). The Labute approximate surface area is 185 Å². The molecule has 0 bridgehead atoms. The molecule has 2 aromatic rings. The van der Waals surface area contributed by atoms with Crippen LogP contribution in [-0.2, 0) is 21.1 Å². The van der Waals surface area contributed by atoms with Crippen LogP contribution in [0.15, 0.2) is 48.5 Å². The molecule has 32 heavy (non-hydrogen) atoms. The summed E-state index contributed by atoms with van der Waals surface area (Å²) in [5.74, 6) is 0.0567. The Morgan fingerprint density at radius 2 is 1.91 bits per heavy atom. The molecule has 2 aromatic carbocycles. The summed E-state index contributed by atoms with van der Waals surface area (Å²) >= 11 is 0. The van der Waals surface area contributed by atoms with Crippen LogP contribution in [0, 0.1) is 11.3 Å². The van der Waals surface area contributed by atoms with E-state index >= 15 is 0 Å². The van der Waals surface area contributed by atoms with Crippen molar-refractivity contribution in [3.8, 4) is 6.07 Å². The molecule has 1 aliphatic heterocycles. The summed E-state index contributed by atoms with van der Waals surface area (Å²) in [5, 5.41) is 9.04. The first-order valence-corrected chi connectivity index (χ1v) is 10.5. The molecule has 2 aliphatic rings. The number of hydrogen-bond acceptors (Lipinski definition) is 4. The van der Waals surface area contributed by atoms with Crippen LogP contribution in [0.4, 0.5) is 18.9 Å². The number of halogens is 3. The topological polar surface area (TPSA) is 56.6 Å². The van der Waals surface area contributed by atoms with Gasteiger partial charge in [0.05, 0.1) is 35.3 Å². The molecule has 0 spiro atoms. The van der Waals surface area contributed by atoms with Gasteiger partial charge in [-0.05, 0) is 36.6 Å². The minimum atomic E-state index is -4.61. The fourth-order valence-electron chi connectivity index (χ4n) is 4.54. The van der Waals surface area contributed by atoms with Crippen LogP contribution >= 0.6 is 0 Å². The van der Waals surface area contributed by atoms with E-state index in [-0.39, 0.29) is 18.6 Å². The van der Waals surface area contributed by atoms with Crippen LogP contribution < -0.4 is 4.90 Å². The molecule has 5 nitrogen and oxygen atoms in total. The van der Waals surface area contributed by atoms with Gasteiger partial charge < -0.3 is 14.5 Å². The fourth-order valence-corrected chi connectivity index (χ4v) is 4.54. The van der Waals surface area contributed by atoms with Crippen molar-refractivity contribution in [3.05, 3.63) is 65.2 Å². The highest BCUT2D eigenvalue weighted by Gasteiger charge is 2.54. The molecule has 1 aliphatic carbocycles. The summed E-state index contributed by atoms with van der Waals surface area (Å²) in [7, 11) is 1.55. The zero-order chi connectivity index (χ0) is 22.9. The average molecular weight is 443 g/mol. The zero-order valence-corrected chi connectivity index (χ0v) is 17.7. The molecule has 168 valence electrons. The number of piperazine rings is 1. The maximum Gasteiger partial charge on any atom is 0.417 e. The highest BCUT2D eigenvalue weighted by atomic mass is 19.4. The predicted octanol–water partition coefficient (Wildman–Crippen LogP) is 3.97. The van der Waals surface area contributed by atoms with Gasteiger partial charge in [-0.25, -0.2) is 0 Å². The van der Waals surface area contributed by atoms with Gasteiger partial charge >= 0.3 is 6.18 Å². The first-order valence-electron chi connectivity index (χ1n) is 10.5. The van der Waals surface area contributed by atoms with E-state index < -0.39 is 22.7 Å². The number of amides is 1. The fraction of sp³-hybridized carbons (Fsp3) is 0.417. The monoisotopic (exact) mass is 443 g/mol. The number of alkyl halides is 3. The van der Waals surface area contributed by atoms with Crippen molar-refractivity contribution in [2.75, 3.05) is 38.3 Å². The largest absolute Gasteiger partial charge is 0.417 e. The van der Waals surface area contributed by atoms with Crippen molar-refractivity contribution in [3.63, 3.8) is 0 Å². The lowest BCUT2D eigenvalue weighted by Crippen LogP contribution is -2.59. The second-order valence-electron chi connectivity index (χ2n) is 8.34. The maximum absolute atomic E-state index is 13.5. The Morgan fingerprint density at radius 1 is 1.19 bits per heavy atom. The van der Waals surface area contributed by atoms with Crippen molar-refractivity contribution in [2.24, 2.45) is 0 Å². The van der Waals surface area contributed by atoms with Gasteiger partial charge in [0, 0.05) is 32.4 Å². The number of hydrogen-bond donors (Lipinski definition) is 0. The number of ether oxygens (including phenoxy) is 1. The lowest BCUT2D eigenvalue weighted by molar-refractivity contribution is -0.138. The number of nitrogens with zero attached hydrogens (tertiary/aromatic N) is 3. The lowest BCUT2D eigenvalue weighted by atomic mass is 9.93. The maximum atomic E-state index is 13.5. The standard InChI is InChI=1S/C24H24F3N3O2/c1-32-16-20-15-29(19-8-7-17(14-28)21(13-19)24(25,26)27)11-12-30(20)22(31)23(9-10-23)18-5-3-2-4-6-18/h2-8,13,20H,9-12,15-16H2,1H3. The molecule has 1 amide bonds. The number of anilines is 1. The summed E-state index contributed by atoms with van der Waals surface area (Å²) < 4.78 is 45.6. The minimum absolute atomic E-state index is 0.0567. The van der Waals surface area contributed by atoms with Crippen LogP contribution in [0.2, 0.25) is 0 Å². The van der Waals surface area contributed by atoms with Crippen molar-refractivity contribution < 1.29 is 22.7 Å². The van der Waals surface area contributed by atoms with Crippen LogP contribution in [0.5, 0.6) is 0 Å². The molecule has 1 unspecified atom stereocenters. The Kier molecular flexibility index (Phi) is 5.87. The first kappa shape index (κ1) is 22.2. The molecular weight excluding hydrogens is 419 g/mol. The Balaban J connectivity index is 1.57. The van der Waals surface area contributed by atoms with Crippen LogP contribution in [0.3, 0.4) is 0 Å². The van der Waals surface area contributed by atoms with Gasteiger partial charge in [0.15, 0.2) is 0 Å². The molecule has 1 saturated carbocycles. The second-order valence-corrected chi connectivity index (χ2v) is 8.34. The van der Waals surface area contributed by atoms with E-state index in [1.807, 2.05) is 40.1 Å². The molecule has 8 heteroatoms. The number of methoxy groups -OCH3 is 1. The van der Waals surface area contributed by atoms with E-state index in [1.54, 1.807) is 13.2 Å². The van der Waals surface area contributed by atoms with E-state index in [2.05, 4.69) is 0 Å². The summed E-state index contributed by atoms with van der Waals surface area (Å²) in [6.07, 6.45) is -3.03. The summed E-state index contributed by atoms with van der Waals surface area (Å²) in [5.41, 5.74) is -0.463. The summed E-state index contributed by atoms with van der Waals surface area (Å²) in [6, 6.07) is 14.8. The van der Waals surface area contributed by atoms with E-state index in [9.17, 15) is 18.0 Å². The summed E-state index contributed by atoms with van der Waals surface area (Å²) in [6.45, 7) is 1.44. The van der Waals surface area contributed by atoms with Gasteiger partial charge in [0.1, 0.15) is 0 Å². The van der Waals surface area contributed by atoms with E-state index in [1.165, 1.54) is 12.1 Å². The number of carbonyl (C=O) groups excluding carboxylic acids is 1. The van der Waals surface area contributed by atoms with Gasteiger partial charge in [0.25, 0.3) is 0 Å². The van der Waals surface area contributed by atoms with Crippen LogP contribution in [0.1, 0.15) is 29.5 Å². The molecule has 2 fully saturated rings. The Bertz CT molecular complexity index is 1030. The minimum Gasteiger partial charge on any atom is -0.382 e. The molecule has 0 N–H and O–H groups in total. The number of carbonyl (C=O) groups is 1. The third-order valence-electron chi connectivity index (χ3n) is 6.38. The summed E-state index contributed by atoms with van der Waals surface area (Å²) in [4.78, 5) is 17.2. The second kappa shape index (κ2) is 8.47. The van der Waals surface area contributed by atoms with Crippen molar-refractivity contribution in [2.45, 2.75) is 30.5 Å². The van der Waals surface area contributed by atoms with Gasteiger partial charge in [-0.1, -0.05) is 30.3 Å². The zero-order valence-electron chi connectivity index (χ0n) is 17.7. The molecule has 1 saturated heterocycles. The Hall–Kier alpha value is -3.05. The van der Waals surface area contributed by atoms with Gasteiger partial charge in [-0.2, -0.15) is 18.4 Å². The third kappa shape index (κ3) is 4.05. The molecule has 0 aromatic heterocycles. The van der Waals surface area contributed by atoms with E-state index in [0.29, 0.717) is 25.3 Å². The molecular formula is C24H24F3N3O2. The van der Waals surface area contributed by atoms with Crippen molar-refractivity contribution in [1.29, 1.82) is 5.26 Å². The SMILES string of the molecule is COCC1CN(c2ccc(C#N)c(C(F)(F)F)c2)CCN1C(=O)C1(c2ccccc2)CC1. The smallest absolute Gasteiger partial charge is 0.382 e. The molecule has 0 radical (unpaired) electrons. The lowest BCUT2D eigenvalue weighted by Gasteiger charge is -2.43. The van der Waals surface area contributed by atoms with Crippen LogP contribution in [-0.4, -0.2) is 50.2 Å². The normalized spacial score (nSPS) is 20.0. The van der Waals surface area contributed by atoms with Gasteiger partial charge in [0.2, 0.25) is 5.91 Å². The van der Waals surface area contributed by atoms with Gasteiger partial charge in [-0.3, -0.25) is 4.79 Å². The van der Waals surface area contributed by atoms with E-state index in [4.69, 9.17) is 10.00 Å². The van der Waals surface area contributed by atoms with E-state index in [0.717, 1.165) is 24.5 Å². The molecule has 1 atom stereocenters. The highest BCUT2D eigenvalue weighted by Crippen LogP contribution is 2.50. The van der Waals surface area contributed by atoms with Crippen molar-refractivity contribution >= 4 is 11.6 Å². The number of benzene rings is 2. The number of nitriles is 1. The molecule has 1 heterocycles. The predicted molar refractivity (Wildman–Crippen MR) is 113 cm³/mol. The average Bonchev–Trinajstić information content (AvgIpc) is 3.60.